The highest BCUT2D eigenvalue weighted by molar-refractivity contribution is 9.09. The van der Waals surface area contributed by atoms with Crippen LogP contribution in [0.25, 0.3) is 0 Å². The van der Waals surface area contributed by atoms with Crippen molar-refractivity contribution in [2.45, 2.75) is 11.8 Å². The number of carbonyl (C=O) groups is 2. The number of alkyl halides is 1. The molecule has 6 heteroatoms. The highest BCUT2D eigenvalue weighted by atomic mass is 79.9. The van der Waals surface area contributed by atoms with Gasteiger partial charge in [0.1, 0.15) is 10.6 Å². The molecule has 4 nitrogen and oxygen atoms in total. The topological polar surface area (TPSA) is 63.6 Å². The number of ether oxygens (including phenoxy) is 1. The van der Waals surface area contributed by atoms with Crippen molar-refractivity contribution in [1.82, 2.24) is 0 Å². The maximum Gasteiger partial charge on any atom is 0.336 e. The zero-order chi connectivity index (χ0) is 13.2. The third-order valence-corrected chi connectivity index (χ3v) is 3.08. The van der Waals surface area contributed by atoms with E-state index >= 15 is 0 Å². The van der Waals surface area contributed by atoms with Crippen LogP contribution in [0.2, 0.25) is 0 Å². The molecule has 1 atom stereocenters. The van der Waals surface area contributed by atoms with Crippen LogP contribution in [0.15, 0.2) is 12.1 Å². The lowest BCUT2D eigenvalue weighted by molar-refractivity contribution is -0.139. The van der Waals surface area contributed by atoms with Crippen molar-refractivity contribution in [1.29, 1.82) is 0 Å². The van der Waals surface area contributed by atoms with E-state index in [4.69, 9.17) is 5.11 Å². The number of aromatic carboxylic acids is 1. The van der Waals surface area contributed by atoms with Crippen molar-refractivity contribution >= 4 is 27.9 Å². The second-order valence-electron chi connectivity index (χ2n) is 3.37. The number of rotatable bonds is 3. The van der Waals surface area contributed by atoms with Crippen molar-refractivity contribution in [3.63, 3.8) is 0 Å². The van der Waals surface area contributed by atoms with Gasteiger partial charge < -0.3 is 9.84 Å². The first-order valence-corrected chi connectivity index (χ1v) is 5.55. The molecule has 0 saturated heterocycles. The minimum absolute atomic E-state index is 0.200. The third kappa shape index (κ3) is 2.82. The van der Waals surface area contributed by atoms with Gasteiger partial charge >= 0.3 is 11.9 Å². The standard InChI is InChI=1S/C11H10BrFO4/c1-5-3-6(13)4-7(10(14)15)8(5)9(12)11(16)17-2/h3-4,9H,1-2H3,(H,14,15). The average Bonchev–Trinajstić information content (AvgIpc) is 2.26. The quantitative estimate of drug-likeness (QED) is 0.688. The highest BCUT2D eigenvalue weighted by Gasteiger charge is 2.26. The molecule has 0 saturated carbocycles. The number of halogens is 2. The molecule has 0 aliphatic rings. The predicted molar refractivity (Wildman–Crippen MR) is 61.8 cm³/mol. The van der Waals surface area contributed by atoms with E-state index in [1.165, 1.54) is 20.1 Å². The monoisotopic (exact) mass is 304 g/mol. The van der Waals surface area contributed by atoms with Gasteiger partial charge in [0.2, 0.25) is 0 Å². The fourth-order valence-corrected chi connectivity index (χ4v) is 2.28. The van der Waals surface area contributed by atoms with Crippen molar-refractivity contribution in [3.05, 3.63) is 34.6 Å². The molecule has 1 N–H and O–H groups in total. The second kappa shape index (κ2) is 5.27. The Bertz CT molecular complexity index is 473. The van der Waals surface area contributed by atoms with Crippen molar-refractivity contribution in [2.75, 3.05) is 7.11 Å². The van der Waals surface area contributed by atoms with Gasteiger partial charge in [0.25, 0.3) is 0 Å². The Hall–Kier alpha value is -1.43. The molecule has 0 amide bonds. The Kier molecular flexibility index (Phi) is 4.22. The number of carboxylic acid groups (broad SMARTS) is 1. The van der Waals surface area contributed by atoms with Crippen molar-refractivity contribution in [2.24, 2.45) is 0 Å². The maximum absolute atomic E-state index is 13.1. The van der Waals surface area contributed by atoms with Crippen LogP contribution in [0.1, 0.15) is 26.3 Å². The van der Waals surface area contributed by atoms with Crippen LogP contribution in [-0.2, 0) is 9.53 Å². The van der Waals surface area contributed by atoms with Crippen LogP contribution in [0, 0.1) is 12.7 Å². The number of benzene rings is 1. The molecule has 0 spiro atoms. The van der Waals surface area contributed by atoms with E-state index < -0.39 is 22.6 Å². The minimum Gasteiger partial charge on any atom is -0.478 e. The van der Waals surface area contributed by atoms with E-state index in [2.05, 4.69) is 20.7 Å². The Labute approximate surface area is 106 Å². The molecule has 1 rings (SSSR count). The molecule has 1 aromatic carbocycles. The summed E-state index contributed by atoms with van der Waals surface area (Å²) in [5.41, 5.74) is 0.315. The number of hydrogen-bond donors (Lipinski definition) is 1. The molecule has 0 radical (unpaired) electrons. The summed E-state index contributed by atoms with van der Waals surface area (Å²) in [5.74, 6) is -2.59. The molecule has 0 aromatic heterocycles. The maximum atomic E-state index is 13.1. The third-order valence-electron chi connectivity index (χ3n) is 2.24. The predicted octanol–water partition coefficient (Wildman–Crippen LogP) is 2.44. The molecule has 0 bridgehead atoms. The van der Waals surface area contributed by atoms with Gasteiger partial charge in [0.05, 0.1) is 12.7 Å². The number of carbonyl (C=O) groups excluding carboxylic acids is 1. The molecule has 92 valence electrons. The Morgan fingerprint density at radius 1 is 1.47 bits per heavy atom. The molecule has 17 heavy (non-hydrogen) atoms. The van der Waals surface area contributed by atoms with E-state index in [9.17, 15) is 14.0 Å². The summed E-state index contributed by atoms with van der Waals surface area (Å²) in [4.78, 5) is 21.4. The van der Waals surface area contributed by atoms with Gasteiger partial charge in [-0.3, -0.25) is 4.79 Å². The largest absolute Gasteiger partial charge is 0.478 e. The zero-order valence-electron chi connectivity index (χ0n) is 9.16. The van der Waals surface area contributed by atoms with Gasteiger partial charge in [-0.15, -0.1) is 0 Å². The first-order valence-electron chi connectivity index (χ1n) is 4.63. The van der Waals surface area contributed by atoms with E-state index in [1.807, 2.05) is 0 Å². The average molecular weight is 305 g/mol. The molecule has 0 aliphatic carbocycles. The summed E-state index contributed by atoms with van der Waals surface area (Å²) < 4.78 is 17.6. The highest BCUT2D eigenvalue weighted by Crippen LogP contribution is 2.31. The van der Waals surface area contributed by atoms with E-state index in [-0.39, 0.29) is 11.1 Å². The van der Waals surface area contributed by atoms with Gasteiger partial charge in [-0.1, -0.05) is 15.9 Å². The molecular formula is C11H10BrFO4. The first kappa shape index (κ1) is 13.6. The molecule has 0 aliphatic heterocycles. The molecule has 1 aromatic rings. The lowest BCUT2D eigenvalue weighted by atomic mass is 9.98. The van der Waals surface area contributed by atoms with Gasteiger partial charge in [0, 0.05) is 0 Å². The number of aryl methyl sites for hydroxylation is 1. The molecule has 1 unspecified atom stereocenters. The van der Waals surface area contributed by atoms with Crippen LogP contribution in [0.5, 0.6) is 0 Å². The van der Waals surface area contributed by atoms with Crippen LogP contribution in [0.3, 0.4) is 0 Å². The summed E-state index contributed by atoms with van der Waals surface area (Å²) in [6, 6.07) is 2.04. The number of esters is 1. The molecule has 0 fully saturated rings. The normalized spacial score (nSPS) is 12.0. The fourth-order valence-electron chi connectivity index (χ4n) is 1.49. The molecule has 0 heterocycles. The van der Waals surface area contributed by atoms with Gasteiger partial charge in [-0.25, -0.2) is 9.18 Å². The van der Waals surface area contributed by atoms with Crippen LogP contribution in [-0.4, -0.2) is 24.2 Å². The number of carboxylic acids is 1. The van der Waals surface area contributed by atoms with E-state index in [0.717, 1.165) is 6.07 Å². The van der Waals surface area contributed by atoms with Crippen LogP contribution >= 0.6 is 15.9 Å². The van der Waals surface area contributed by atoms with Crippen molar-refractivity contribution < 1.29 is 23.8 Å². The summed E-state index contributed by atoms with van der Waals surface area (Å²) in [5, 5.41) is 8.98. The Balaban J connectivity index is 3.40. The van der Waals surface area contributed by atoms with Crippen LogP contribution < -0.4 is 0 Å². The van der Waals surface area contributed by atoms with Crippen LogP contribution in [0.4, 0.5) is 4.39 Å². The lowest BCUT2D eigenvalue weighted by Crippen LogP contribution is -2.14. The van der Waals surface area contributed by atoms with E-state index in [0.29, 0.717) is 5.56 Å². The summed E-state index contributed by atoms with van der Waals surface area (Å²) in [7, 11) is 1.19. The Morgan fingerprint density at radius 2 is 2.06 bits per heavy atom. The van der Waals surface area contributed by atoms with Gasteiger partial charge in [-0.05, 0) is 30.2 Å². The second-order valence-corrected chi connectivity index (χ2v) is 4.29. The fraction of sp³-hybridized carbons (Fsp3) is 0.273. The molecular weight excluding hydrogens is 295 g/mol. The number of hydrogen-bond acceptors (Lipinski definition) is 3. The lowest BCUT2D eigenvalue weighted by Gasteiger charge is -2.14. The van der Waals surface area contributed by atoms with Gasteiger partial charge in [0.15, 0.2) is 0 Å². The Morgan fingerprint density at radius 3 is 2.53 bits per heavy atom. The number of methoxy groups -OCH3 is 1. The van der Waals surface area contributed by atoms with Gasteiger partial charge in [-0.2, -0.15) is 0 Å². The van der Waals surface area contributed by atoms with Crippen molar-refractivity contribution in [3.8, 4) is 0 Å². The summed E-state index contributed by atoms with van der Waals surface area (Å²) in [6.45, 7) is 1.53. The minimum atomic E-state index is -1.30. The SMILES string of the molecule is COC(=O)C(Br)c1c(C)cc(F)cc1C(=O)O. The van der Waals surface area contributed by atoms with E-state index in [1.54, 1.807) is 0 Å². The zero-order valence-corrected chi connectivity index (χ0v) is 10.7. The smallest absolute Gasteiger partial charge is 0.336 e. The summed E-state index contributed by atoms with van der Waals surface area (Å²) >= 11 is 3.05. The summed E-state index contributed by atoms with van der Waals surface area (Å²) in [6.07, 6.45) is 0. The first-order chi connectivity index (χ1) is 7.88.